The van der Waals surface area contributed by atoms with Gasteiger partial charge in [-0.2, -0.15) is 4.98 Å². The predicted octanol–water partition coefficient (Wildman–Crippen LogP) is 3.88. The van der Waals surface area contributed by atoms with Crippen molar-refractivity contribution >= 4 is 21.6 Å². The van der Waals surface area contributed by atoms with Crippen LogP contribution in [0.3, 0.4) is 0 Å². The summed E-state index contributed by atoms with van der Waals surface area (Å²) in [7, 11) is 0. The van der Waals surface area contributed by atoms with Gasteiger partial charge >= 0.3 is 0 Å². The van der Waals surface area contributed by atoms with Gasteiger partial charge in [0.2, 0.25) is 5.89 Å². The average molecular weight is 308 g/mol. The molecule has 1 atom stereocenters. The van der Waals surface area contributed by atoms with Gasteiger partial charge in [0.15, 0.2) is 5.82 Å². The number of nitrogens with one attached hydrogen (secondary N) is 1. The Labute approximate surface area is 114 Å². The van der Waals surface area contributed by atoms with Crippen LogP contribution < -0.4 is 5.32 Å². The van der Waals surface area contributed by atoms with E-state index in [1.807, 2.05) is 31.2 Å². The minimum Gasteiger partial charge on any atom is -0.374 e. The molecular weight excluding hydrogens is 294 g/mol. The maximum Gasteiger partial charge on any atom is 0.248 e. The fourth-order valence-corrected chi connectivity index (χ4v) is 2.05. The Balaban J connectivity index is 1.69. The van der Waals surface area contributed by atoms with Gasteiger partial charge in [-0.1, -0.05) is 21.1 Å². The molecule has 0 spiro atoms. The first-order valence-electron chi connectivity index (χ1n) is 6.08. The molecule has 1 saturated carbocycles. The first-order chi connectivity index (χ1) is 8.72. The van der Waals surface area contributed by atoms with Crippen molar-refractivity contribution in [2.45, 2.75) is 31.7 Å². The second-order valence-corrected chi connectivity index (χ2v) is 5.55. The zero-order valence-electron chi connectivity index (χ0n) is 10.1. The summed E-state index contributed by atoms with van der Waals surface area (Å²) >= 11 is 3.41. The second kappa shape index (κ2) is 4.72. The summed E-state index contributed by atoms with van der Waals surface area (Å²) in [6.07, 6.45) is 2.38. The first-order valence-corrected chi connectivity index (χ1v) is 6.87. The van der Waals surface area contributed by atoms with E-state index >= 15 is 0 Å². The molecule has 2 aromatic rings. The Morgan fingerprint density at radius 3 is 2.72 bits per heavy atom. The summed E-state index contributed by atoms with van der Waals surface area (Å²) in [6.45, 7) is 2.02. The monoisotopic (exact) mass is 307 g/mol. The molecule has 1 aromatic heterocycles. The molecule has 1 aliphatic rings. The van der Waals surface area contributed by atoms with Crippen LogP contribution in [0.25, 0.3) is 0 Å². The molecule has 5 heteroatoms. The molecule has 4 nitrogen and oxygen atoms in total. The van der Waals surface area contributed by atoms with Crippen molar-refractivity contribution in [3.05, 3.63) is 40.5 Å². The largest absolute Gasteiger partial charge is 0.374 e. The van der Waals surface area contributed by atoms with Crippen LogP contribution in [-0.4, -0.2) is 10.1 Å². The zero-order valence-corrected chi connectivity index (χ0v) is 11.6. The van der Waals surface area contributed by atoms with E-state index in [-0.39, 0.29) is 6.04 Å². The Kier molecular flexibility index (Phi) is 3.07. The van der Waals surface area contributed by atoms with Crippen molar-refractivity contribution in [3.63, 3.8) is 0 Å². The fraction of sp³-hybridized carbons (Fsp3) is 0.385. The highest BCUT2D eigenvalue weighted by Gasteiger charge is 2.29. The maximum absolute atomic E-state index is 5.29. The summed E-state index contributed by atoms with van der Waals surface area (Å²) in [4.78, 5) is 4.44. The third-order valence-electron chi connectivity index (χ3n) is 3.00. The third kappa shape index (κ3) is 2.56. The van der Waals surface area contributed by atoms with Crippen molar-refractivity contribution in [2.75, 3.05) is 5.32 Å². The normalized spacial score (nSPS) is 16.6. The SMILES string of the molecule is C[C@H](Nc1ccc(Br)cc1)c1nc(C2CC2)no1. The molecule has 18 heavy (non-hydrogen) atoms. The van der Waals surface area contributed by atoms with Gasteiger partial charge in [-0.25, -0.2) is 0 Å². The van der Waals surface area contributed by atoms with Crippen LogP contribution in [0.5, 0.6) is 0 Å². The van der Waals surface area contributed by atoms with Gasteiger partial charge in [0.05, 0.1) is 0 Å². The fourth-order valence-electron chi connectivity index (χ4n) is 1.79. The Morgan fingerprint density at radius 1 is 1.33 bits per heavy atom. The van der Waals surface area contributed by atoms with Crippen LogP contribution in [0.15, 0.2) is 33.3 Å². The molecule has 1 heterocycles. The topological polar surface area (TPSA) is 51.0 Å². The smallest absolute Gasteiger partial charge is 0.248 e. The van der Waals surface area contributed by atoms with Crippen molar-refractivity contribution in [1.29, 1.82) is 0 Å². The maximum atomic E-state index is 5.29. The number of rotatable bonds is 4. The van der Waals surface area contributed by atoms with Gasteiger partial charge in [-0.05, 0) is 44.0 Å². The lowest BCUT2D eigenvalue weighted by Crippen LogP contribution is -2.06. The van der Waals surface area contributed by atoms with Crippen LogP contribution in [-0.2, 0) is 0 Å². The number of hydrogen-bond donors (Lipinski definition) is 1. The highest BCUT2D eigenvalue weighted by atomic mass is 79.9. The summed E-state index contributed by atoms with van der Waals surface area (Å²) < 4.78 is 6.36. The molecule has 1 aromatic carbocycles. The number of aromatic nitrogens is 2. The van der Waals surface area contributed by atoms with Gasteiger partial charge in [0.1, 0.15) is 6.04 Å². The Hall–Kier alpha value is -1.36. The molecule has 0 amide bonds. The van der Waals surface area contributed by atoms with E-state index in [0.29, 0.717) is 11.8 Å². The van der Waals surface area contributed by atoms with Gasteiger partial charge in [-0.15, -0.1) is 0 Å². The van der Waals surface area contributed by atoms with E-state index < -0.39 is 0 Å². The van der Waals surface area contributed by atoms with Gasteiger partial charge in [0, 0.05) is 16.1 Å². The number of nitrogens with zero attached hydrogens (tertiary/aromatic N) is 2. The van der Waals surface area contributed by atoms with Crippen LogP contribution in [0.4, 0.5) is 5.69 Å². The number of anilines is 1. The first kappa shape index (κ1) is 11.7. The van der Waals surface area contributed by atoms with E-state index in [1.54, 1.807) is 0 Å². The minimum atomic E-state index is 0.0196. The lowest BCUT2D eigenvalue weighted by molar-refractivity contribution is 0.363. The minimum absolute atomic E-state index is 0.0196. The van der Waals surface area contributed by atoms with Crippen LogP contribution in [0, 0.1) is 0 Å². The molecule has 0 bridgehead atoms. The van der Waals surface area contributed by atoms with Crippen LogP contribution in [0.2, 0.25) is 0 Å². The van der Waals surface area contributed by atoms with Crippen molar-refractivity contribution < 1.29 is 4.52 Å². The standard InChI is InChI=1S/C13H14BrN3O/c1-8(15-11-6-4-10(14)5-7-11)13-16-12(17-18-13)9-2-3-9/h4-9,15H,2-3H2,1H3/t8-/m0/s1. The van der Waals surface area contributed by atoms with E-state index in [9.17, 15) is 0 Å². The van der Waals surface area contributed by atoms with Gasteiger partial charge < -0.3 is 9.84 Å². The lowest BCUT2D eigenvalue weighted by Gasteiger charge is -2.10. The van der Waals surface area contributed by atoms with Crippen molar-refractivity contribution in [3.8, 4) is 0 Å². The van der Waals surface area contributed by atoms with Gasteiger partial charge in [-0.3, -0.25) is 0 Å². The summed E-state index contributed by atoms with van der Waals surface area (Å²) in [5, 5.41) is 7.36. The number of benzene rings is 1. The molecule has 1 aliphatic carbocycles. The number of hydrogen-bond acceptors (Lipinski definition) is 4. The zero-order chi connectivity index (χ0) is 12.5. The molecule has 0 saturated heterocycles. The third-order valence-corrected chi connectivity index (χ3v) is 3.53. The van der Waals surface area contributed by atoms with Crippen molar-refractivity contribution in [2.24, 2.45) is 0 Å². The summed E-state index contributed by atoms with van der Waals surface area (Å²) in [5.74, 6) is 2.04. The van der Waals surface area contributed by atoms with Crippen LogP contribution in [0.1, 0.15) is 43.4 Å². The van der Waals surface area contributed by atoms with E-state index in [0.717, 1.165) is 16.0 Å². The quantitative estimate of drug-likeness (QED) is 0.931. The highest BCUT2D eigenvalue weighted by molar-refractivity contribution is 9.10. The Bertz CT molecular complexity index is 533. The molecule has 94 valence electrons. The second-order valence-electron chi connectivity index (χ2n) is 4.64. The highest BCUT2D eigenvalue weighted by Crippen LogP contribution is 2.38. The molecular formula is C13H14BrN3O. The Morgan fingerprint density at radius 2 is 2.06 bits per heavy atom. The lowest BCUT2D eigenvalue weighted by atomic mass is 10.2. The molecule has 0 radical (unpaired) electrons. The molecule has 0 unspecified atom stereocenters. The van der Waals surface area contributed by atoms with E-state index in [1.165, 1.54) is 12.8 Å². The number of halogens is 1. The predicted molar refractivity (Wildman–Crippen MR) is 72.5 cm³/mol. The van der Waals surface area contributed by atoms with Crippen molar-refractivity contribution in [1.82, 2.24) is 10.1 Å². The summed E-state index contributed by atoms with van der Waals surface area (Å²) in [6, 6.07) is 8.04. The average Bonchev–Trinajstić information content (AvgIpc) is 3.10. The van der Waals surface area contributed by atoms with E-state index in [2.05, 4.69) is 31.4 Å². The summed E-state index contributed by atoms with van der Waals surface area (Å²) in [5.41, 5.74) is 1.04. The van der Waals surface area contributed by atoms with Gasteiger partial charge in [0.25, 0.3) is 0 Å². The van der Waals surface area contributed by atoms with Crippen LogP contribution >= 0.6 is 15.9 Å². The molecule has 3 rings (SSSR count). The molecule has 1 N–H and O–H groups in total. The van der Waals surface area contributed by atoms with E-state index in [4.69, 9.17) is 4.52 Å². The molecule has 0 aliphatic heterocycles. The molecule has 1 fully saturated rings.